The molecule has 1 aromatic heterocycles. The van der Waals surface area contributed by atoms with Crippen molar-refractivity contribution in [3.8, 4) is 22.8 Å². The fraction of sp³-hybridized carbons (Fsp3) is 0.154. The minimum absolute atomic E-state index is 0.0514. The van der Waals surface area contributed by atoms with Gasteiger partial charge in [-0.1, -0.05) is 17.7 Å². The van der Waals surface area contributed by atoms with Gasteiger partial charge in [-0.25, -0.2) is 9.37 Å². The molecule has 5 heteroatoms. The monoisotopic (exact) mass is 267 g/mol. The third-order valence-corrected chi connectivity index (χ3v) is 2.72. The van der Waals surface area contributed by atoms with Crippen LogP contribution in [0.3, 0.4) is 0 Å². The van der Waals surface area contributed by atoms with E-state index < -0.39 is 5.82 Å². The third-order valence-electron chi connectivity index (χ3n) is 2.40. The average molecular weight is 268 g/mol. The van der Waals surface area contributed by atoms with Gasteiger partial charge in [-0.3, -0.25) is 0 Å². The van der Waals surface area contributed by atoms with Crippen LogP contribution in [0.2, 0.25) is 5.02 Å². The van der Waals surface area contributed by atoms with Gasteiger partial charge < -0.3 is 9.84 Å². The van der Waals surface area contributed by atoms with Crippen LogP contribution < -0.4 is 4.74 Å². The Kier molecular flexibility index (Phi) is 3.67. The van der Waals surface area contributed by atoms with Gasteiger partial charge in [0, 0.05) is 11.8 Å². The Bertz CT molecular complexity index is 575. The Morgan fingerprint density at radius 3 is 2.83 bits per heavy atom. The number of aromatic nitrogens is 1. The molecule has 0 aliphatic rings. The van der Waals surface area contributed by atoms with E-state index in [9.17, 15) is 9.50 Å². The Morgan fingerprint density at radius 1 is 1.39 bits per heavy atom. The molecular formula is C13H11ClFNO2. The first kappa shape index (κ1) is 12.6. The maximum Gasteiger partial charge on any atom is 0.251 e. The first-order valence-electron chi connectivity index (χ1n) is 5.39. The lowest BCUT2D eigenvalue weighted by atomic mass is 10.1. The molecule has 0 radical (unpaired) electrons. The summed E-state index contributed by atoms with van der Waals surface area (Å²) in [5.74, 6) is -0.700. The molecular weight excluding hydrogens is 257 g/mol. The zero-order chi connectivity index (χ0) is 13.1. The fourth-order valence-corrected chi connectivity index (χ4v) is 1.68. The molecule has 1 aromatic carbocycles. The second-order valence-electron chi connectivity index (χ2n) is 3.58. The summed E-state index contributed by atoms with van der Waals surface area (Å²) in [6, 6.07) is 6.04. The van der Waals surface area contributed by atoms with Crippen molar-refractivity contribution in [2.24, 2.45) is 0 Å². The molecule has 0 atom stereocenters. The Hall–Kier alpha value is -1.81. The predicted octanol–water partition coefficient (Wildman–Crippen LogP) is 3.65. The van der Waals surface area contributed by atoms with Crippen molar-refractivity contribution in [2.75, 3.05) is 6.61 Å². The minimum atomic E-state index is -0.555. The van der Waals surface area contributed by atoms with E-state index in [0.717, 1.165) is 0 Å². The number of aromatic hydroxyl groups is 1. The van der Waals surface area contributed by atoms with Crippen molar-refractivity contribution in [1.29, 1.82) is 0 Å². The summed E-state index contributed by atoms with van der Waals surface area (Å²) in [6.07, 6.45) is 1.45. The van der Waals surface area contributed by atoms with Crippen LogP contribution >= 0.6 is 11.6 Å². The SMILES string of the molecule is CCOc1nccc(-c2ccc(Cl)c(O)c2)c1F. The lowest BCUT2D eigenvalue weighted by Crippen LogP contribution is -1.98. The van der Waals surface area contributed by atoms with Gasteiger partial charge in [-0.2, -0.15) is 0 Å². The lowest BCUT2D eigenvalue weighted by Gasteiger charge is -2.08. The second-order valence-corrected chi connectivity index (χ2v) is 3.98. The number of hydrogen-bond donors (Lipinski definition) is 1. The van der Waals surface area contributed by atoms with Crippen LogP contribution in [0.4, 0.5) is 4.39 Å². The van der Waals surface area contributed by atoms with E-state index in [1.165, 1.54) is 24.4 Å². The molecule has 18 heavy (non-hydrogen) atoms. The molecule has 2 rings (SSSR count). The number of pyridine rings is 1. The first-order valence-corrected chi connectivity index (χ1v) is 5.77. The number of rotatable bonds is 3. The number of ether oxygens (including phenoxy) is 1. The summed E-state index contributed by atoms with van der Waals surface area (Å²) in [6.45, 7) is 2.08. The molecule has 0 fully saturated rings. The standard InChI is InChI=1S/C13H11ClFNO2/c1-2-18-13-12(15)9(5-6-16-13)8-3-4-10(14)11(17)7-8/h3-7,17H,2H2,1H3. The van der Waals surface area contributed by atoms with E-state index in [4.69, 9.17) is 16.3 Å². The fourth-order valence-electron chi connectivity index (χ4n) is 1.57. The van der Waals surface area contributed by atoms with Crippen LogP contribution in [0.1, 0.15) is 6.92 Å². The maximum atomic E-state index is 14.1. The third kappa shape index (κ3) is 2.38. The molecule has 0 aliphatic heterocycles. The average Bonchev–Trinajstić information content (AvgIpc) is 2.36. The Balaban J connectivity index is 2.50. The topological polar surface area (TPSA) is 42.4 Å². The van der Waals surface area contributed by atoms with E-state index in [2.05, 4.69) is 4.98 Å². The normalized spacial score (nSPS) is 10.4. The molecule has 1 heterocycles. The molecule has 3 nitrogen and oxygen atoms in total. The number of nitrogens with zero attached hydrogens (tertiary/aromatic N) is 1. The van der Waals surface area contributed by atoms with Gasteiger partial charge in [0.2, 0.25) is 0 Å². The van der Waals surface area contributed by atoms with E-state index in [1.54, 1.807) is 13.0 Å². The lowest BCUT2D eigenvalue weighted by molar-refractivity contribution is 0.308. The van der Waals surface area contributed by atoms with Crippen LogP contribution in [0, 0.1) is 5.82 Å². The highest BCUT2D eigenvalue weighted by molar-refractivity contribution is 6.32. The van der Waals surface area contributed by atoms with Crippen LogP contribution in [-0.4, -0.2) is 16.7 Å². The summed E-state index contributed by atoms with van der Waals surface area (Å²) in [5.41, 5.74) is 0.818. The Morgan fingerprint density at radius 2 is 2.17 bits per heavy atom. The molecule has 0 unspecified atom stereocenters. The largest absolute Gasteiger partial charge is 0.506 e. The molecule has 0 bridgehead atoms. The minimum Gasteiger partial charge on any atom is -0.506 e. The molecule has 1 N–H and O–H groups in total. The Labute approximate surface area is 109 Å². The molecule has 0 amide bonds. The summed E-state index contributed by atoms with van der Waals surface area (Å²) >= 11 is 5.71. The second kappa shape index (κ2) is 5.23. The quantitative estimate of drug-likeness (QED) is 0.923. The smallest absolute Gasteiger partial charge is 0.251 e. The van der Waals surface area contributed by atoms with Crippen molar-refractivity contribution in [2.45, 2.75) is 6.92 Å². The van der Waals surface area contributed by atoms with Gasteiger partial charge in [-0.05, 0) is 30.7 Å². The van der Waals surface area contributed by atoms with Crippen LogP contribution in [0.5, 0.6) is 11.6 Å². The number of benzene rings is 1. The van der Waals surface area contributed by atoms with E-state index in [-0.39, 0.29) is 16.7 Å². The zero-order valence-corrected chi connectivity index (χ0v) is 10.4. The van der Waals surface area contributed by atoms with Gasteiger partial charge in [0.25, 0.3) is 5.88 Å². The highest BCUT2D eigenvalue weighted by Gasteiger charge is 2.13. The highest BCUT2D eigenvalue weighted by atomic mass is 35.5. The highest BCUT2D eigenvalue weighted by Crippen LogP contribution is 2.32. The predicted molar refractivity (Wildman–Crippen MR) is 67.5 cm³/mol. The van der Waals surface area contributed by atoms with Gasteiger partial charge in [0.15, 0.2) is 5.82 Å². The molecule has 0 spiro atoms. The number of hydrogen-bond acceptors (Lipinski definition) is 3. The summed E-state index contributed by atoms with van der Waals surface area (Å²) in [4.78, 5) is 3.81. The van der Waals surface area contributed by atoms with E-state index in [0.29, 0.717) is 17.7 Å². The molecule has 0 aliphatic carbocycles. The van der Waals surface area contributed by atoms with Crippen LogP contribution in [0.25, 0.3) is 11.1 Å². The number of phenolic OH excluding ortho intramolecular Hbond substituents is 1. The van der Waals surface area contributed by atoms with Crippen LogP contribution in [-0.2, 0) is 0 Å². The molecule has 0 saturated carbocycles. The maximum absolute atomic E-state index is 14.1. The molecule has 2 aromatic rings. The van der Waals surface area contributed by atoms with Gasteiger partial charge in [0.05, 0.1) is 11.6 Å². The van der Waals surface area contributed by atoms with Crippen molar-refractivity contribution in [3.05, 3.63) is 41.3 Å². The number of halogens is 2. The van der Waals surface area contributed by atoms with E-state index >= 15 is 0 Å². The summed E-state index contributed by atoms with van der Waals surface area (Å²) < 4.78 is 19.2. The van der Waals surface area contributed by atoms with Crippen molar-refractivity contribution >= 4 is 11.6 Å². The van der Waals surface area contributed by atoms with Crippen molar-refractivity contribution in [3.63, 3.8) is 0 Å². The van der Waals surface area contributed by atoms with Crippen molar-refractivity contribution < 1.29 is 14.2 Å². The van der Waals surface area contributed by atoms with Gasteiger partial charge in [-0.15, -0.1) is 0 Å². The molecule has 0 saturated heterocycles. The van der Waals surface area contributed by atoms with Crippen LogP contribution in [0.15, 0.2) is 30.5 Å². The number of phenols is 1. The summed E-state index contributed by atoms with van der Waals surface area (Å²) in [5, 5.41) is 9.74. The molecule has 94 valence electrons. The summed E-state index contributed by atoms with van der Waals surface area (Å²) in [7, 11) is 0. The van der Waals surface area contributed by atoms with Gasteiger partial charge in [0.1, 0.15) is 5.75 Å². The van der Waals surface area contributed by atoms with E-state index in [1.807, 2.05) is 0 Å². The zero-order valence-electron chi connectivity index (χ0n) is 9.65. The van der Waals surface area contributed by atoms with Crippen molar-refractivity contribution in [1.82, 2.24) is 4.98 Å². The van der Waals surface area contributed by atoms with Gasteiger partial charge >= 0.3 is 0 Å². The first-order chi connectivity index (χ1) is 8.63.